The van der Waals surface area contributed by atoms with Crippen LogP contribution in [0.1, 0.15) is 52.4 Å². The number of carbonyl (C=O) groups excluding carboxylic acids is 1. The number of carboxylic acid groups (broad SMARTS) is 1. The summed E-state index contributed by atoms with van der Waals surface area (Å²) in [5.41, 5.74) is 2.82. The van der Waals surface area contributed by atoms with Gasteiger partial charge in [-0.25, -0.2) is 9.18 Å². The quantitative estimate of drug-likeness (QED) is 0.439. The maximum atomic E-state index is 14.5. The third-order valence-electron chi connectivity index (χ3n) is 4.90. The van der Waals surface area contributed by atoms with Gasteiger partial charge in [0.15, 0.2) is 5.67 Å². The van der Waals surface area contributed by atoms with Crippen molar-refractivity contribution in [3.8, 4) is 0 Å². The summed E-state index contributed by atoms with van der Waals surface area (Å²) < 4.78 is 19.6. The number of alkyl halides is 1. The fourth-order valence-corrected chi connectivity index (χ4v) is 3.09. The van der Waals surface area contributed by atoms with Gasteiger partial charge in [0.25, 0.3) is 0 Å². The van der Waals surface area contributed by atoms with Crippen LogP contribution in [0.15, 0.2) is 16.8 Å². The number of hydrogen-bond acceptors (Lipinski definition) is 5. The second kappa shape index (κ2) is 6.91. The summed E-state index contributed by atoms with van der Waals surface area (Å²) >= 11 is 0. The van der Waals surface area contributed by atoms with Gasteiger partial charge in [-0.3, -0.25) is 9.79 Å². The Hall–Kier alpha value is -1.92. The Labute approximate surface area is 141 Å². The number of carboxylic acids is 1. The van der Waals surface area contributed by atoms with Crippen LogP contribution in [0, 0.1) is 5.41 Å². The largest absolute Gasteiger partial charge is 0.478 e. The minimum Gasteiger partial charge on any atom is -0.478 e. The van der Waals surface area contributed by atoms with Crippen molar-refractivity contribution < 1.29 is 23.8 Å². The van der Waals surface area contributed by atoms with E-state index in [-0.39, 0.29) is 36.1 Å². The standard InChI is InChI=1S/C17H25FN2O4/c1-3-24-15(23)16(2)6-4-11(5-7-16)20-13(17(18)8-9-17)12(10-19)14(21)22/h10-11H,3-9,19H2,1-2H3,(H,21,22). The van der Waals surface area contributed by atoms with Crippen LogP contribution in [0.2, 0.25) is 0 Å². The van der Waals surface area contributed by atoms with Crippen LogP contribution < -0.4 is 5.73 Å². The molecule has 0 aromatic rings. The van der Waals surface area contributed by atoms with E-state index in [1.807, 2.05) is 6.92 Å². The lowest BCUT2D eigenvalue weighted by Crippen LogP contribution is -2.36. The smallest absolute Gasteiger partial charge is 0.339 e. The minimum absolute atomic E-state index is 0.0535. The molecule has 0 aliphatic heterocycles. The first-order valence-electron chi connectivity index (χ1n) is 8.36. The zero-order chi connectivity index (χ0) is 18.0. The maximum Gasteiger partial charge on any atom is 0.339 e. The van der Waals surface area contributed by atoms with Crippen molar-refractivity contribution in [2.24, 2.45) is 16.1 Å². The zero-order valence-corrected chi connectivity index (χ0v) is 14.2. The molecule has 6 nitrogen and oxygen atoms in total. The predicted molar refractivity (Wildman–Crippen MR) is 87.4 cm³/mol. The number of aliphatic imine (C=N–C) groups is 1. The Bertz CT molecular complexity index is 573. The molecule has 2 rings (SSSR count). The molecule has 0 aromatic heterocycles. The van der Waals surface area contributed by atoms with Crippen molar-refractivity contribution in [2.45, 2.75) is 64.1 Å². The summed E-state index contributed by atoms with van der Waals surface area (Å²) in [6.07, 6.45) is 3.79. The number of carbonyl (C=O) groups is 2. The Morgan fingerprint density at radius 2 is 1.92 bits per heavy atom. The van der Waals surface area contributed by atoms with Gasteiger partial charge in [-0.1, -0.05) is 0 Å². The lowest BCUT2D eigenvalue weighted by molar-refractivity contribution is -0.156. The fourth-order valence-electron chi connectivity index (χ4n) is 3.09. The highest BCUT2D eigenvalue weighted by atomic mass is 19.1. The van der Waals surface area contributed by atoms with E-state index < -0.39 is 17.1 Å². The second-order valence-electron chi connectivity index (χ2n) is 6.84. The van der Waals surface area contributed by atoms with Gasteiger partial charge >= 0.3 is 11.9 Å². The zero-order valence-electron chi connectivity index (χ0n) is 14.2. The van der Waals surface area contributed by atoms with E-state index in [1.165, 1.54) is 0 Å². The molecule has 134 valence electrons. The number of rotatable bonds is 6. The number of ether oxygens (including phenoxy) is 1. The Kier molecular flexibility index (Phi) is 5.30. The summed E-state index contributed by atoms with van der Waals surface area (Å²) in [5, 5.41) is 9.22. The number of esters is 1. The first-order valence-corrected chi connectivity index (χ1v) is 8.36. The summed E-state index contributed by atoms with van der Waals surface area (Å²) in [5.74, 6) is -1.49. The van der Waals surface area contributed by atoms with Gasteiger partial charge in [0, 0.05) is 6.20 Å². The van der Waals surface area contributed by atoms with Gasteiger partial charge < -0.3 is 15.6 Å². The Balaban J connectivity index is 2.13. The van der Waals surface area contributed by atoms with Gasteiger partial charge in [0.2, 0.25) is 0 Å². The van der Waals surface area contributed by atoms with Crippen LogP contribution in [-0.2, 0) is 14.3 Å². The van der Waals surface area contributed by atoms with Crippen LogP contribution in [0.5, 0.6) is 0 Å². The summed E-state index contributed by atoms with van der Waals surface area (Å²) in [6, 6.07) is -0.204. The average Bonchev–Trinajstić information content (AvgIpc) is 3.28. The molecule has 2 fully saturated rings. The van der Waals surface area contributed by atoms with Crippen LogP contribution in [0.3, 0.4) is 0 Å². The van der Waals surface area contributed by atoms with Crippen molar-refractivity contribution >= 4 is 17.7 Å². The number of nitrogens with two attached hydrogens (primary N) is 1. The van der Waals surface area contributed by atoms with Crippen LogP contribution in [-0.4, -0.2) is 41.1 Å². The van der Waals surface area contributed by atoms with E-state index in [0.717, 1.165) is 6.20 Å². The molecule has 24 heavy (non-hydrogen) atoms. The van der Waals surface area contributed by atoms with Crippen LogP contribution in [0.25, 0.3) is 0 Å². The number of nitrogens with zero attached hydrogens (tertiary/aromatic N) is 1. The molecule has 0 saturated heterocycles. The molecule has 2 aliphatic rings. The molecule has 7 heteroatoms. The molecular formula is C17H25FN2O4. The van der Waals surface area contributed by atoms with E-state index in [1.54, 1.807) is 6.92 Å². The van der Waals surface area contributed by atoms with E-state index in [2.05, 4.69) is 4.99 Å². The molecule has 0 bridgehead atoms. The summed E-state index contributed by atoms with van der Waals surface area (Å²) in [4.78, 5) is 27.7. The molecule has 0 amide bonds. The van der Waals surface area contributed by atoms with Crippen molar-refractivity contribution in [3.63, 3.8) is 0 Å². The van der Waals surface area contributed by atoms with Gasteiger partial charge in [0.05, 0.1) is 29.3 Å². The minimum atomic E-state index is -1.68. The maximum absolute atomic E-state index is 14.5. The van der Waals surface area contributed by atoms with E-state index in [0.29, 0.717) is 32.3 Å². The molecular weight excluding hydrogens is 315 g/mol. The van der Waals surface area contributed by atoms with Gasteiger partial charge in [-0.05, 0) is 52.4 Å². The predicted octanol–water partition coefficient (Wildman–Crippen LogP) is 2.37. The lowest BCUT2D eigenvalue weighted by atomic mass is 9.74. The van der Waals surface area contributed by atoms with Crippen molar-refractivity contribution in [1.29, 1.82) is 0 Å². The van der Waals surface area contributed by atoms with Crippen LogP contribution >= 0.6 is 0 Å². The number of hydrogen-bond donors (Lipinski definition) is 2. The molecule has 0 radical (unpaired) electrons. The summed E-state index contributed by atoms with van der Waals surface area (Å²) in [6.45, 7) is 3.98. The lowest BCUT2D eigenvalue weighted by Gasteiger charge is -2.34. The first-order chi connectivity index (χ1) is 11.3. The number of halogens is 1. The highest BCUT2D eigenvalue weighted by Gasteiger charge is 2.51. The Morgan fingerprint density at radius 3 is 2.33 bits per heavy atom. The van der Waals surface area contributed by atoms with Crippen molar-refractivity contribution in [3.05, 3.63) is 11.8 Å². The van der Waals surface area contributed by atoms with E-state index in [9.17, 15) is 19.1 Å². The highest BCUT2D eigenvalue weighted by molar-refractivity contribution is 6.23. The topological polar surface area (TPSA) is 102 Å². The third-order valence-corrected chi connectivity index (χ3v) is 4.90. The fraction of sp³-hybridized carbons (Fsp3) is 0.706. The molecule has 2 saturated carbocycles. The van der Waals surface area contributed by atoms with Gasteiger partial charge in [-0.2, -0.15) is 0 Å². The molecule has 0 spiro atoms. The van der Waals surface area contributed by atoms with E-state index in [4.69, 9.17) is 10.5 Å². The number of aliphatic carboxylic acids is 1. The first kappa shape index (κ1) is 18.4. The van der Waals surface area contributed by atoms with Crippen LogP contribution in [0.4, 0.5) is 4.39 Å². The van der Waals surface area contributed by atoms with Crippen molar-refractivity contribution in [1.82, 2.24) is 0 Å². The Morgan fingerprint density at radius 1 is 1.33 bits per heavy atom. The van der Waals surface area contributed by atoms with Crippen molar-refractivity contribution in [2.75, 3.05) is 6.61 Å². The molecule has 0 aromatic carbocycles. The van der Waals surface area contributed by atoms with Gasteiger partial charge in [-0.15, -0.1) is 0 Å². The van der Waals surface area contributed by atoms with E-state index >= 15 is 0 Å². The molecule has 3 N–H and O–H groups in total. The second-order valence-corrected chi connectivity index (χ2v) is 6.84. The summed E-state index contributed by atoms with van der Waals surface area (Å²) in [7, 11) is 0. The SMILES string of the molecule is CCOC(=O)C1(C)CCC(N=C(C(=CN)C(=O)O)C2(F)CC2)CC1. The molecule has 0 unspecified atom stereocenters. The third kappa shape index (κ3) is 3.76. The average molecular weight is 340 g/mol. The normalized spacial score (nSPS) is 29.9. The highest BCUT2D eigenvalue weighted by Crippen LogP contribution is 2.45. The van der Waals surface area contributed by atoms with Gasteiger partial charge in [0.1, 0.15) is 0 Å². The molecule has 0 atom stereocenters. The molecule has 2 aliphatic carbocycles. The molecule has 0 heterocycles. The monoisotopic (exact) mass is 340 g/mol.